The van der Waals surface area contributed by atoms with Crippen molar-refractivity contribution < 1.29 is 24.2 Å². The molecule has 0 spiro atoms. The van der Waals surface area contributed by atoms with Crippen LogP contribution in [-0.2, 0) is 9.53 Å². The van der Waals surface area contributed by atoms with Crippen LogP contribution < -0.4 is 4.74 Å². The largest absolute Gasteiger partial charge is 0.487 e. The van der Waals surface area contributed by atoms with Gasteiger partial charge in [0.15, 0.2) is 0 Å². The minimum absolute atomic E-state index is 0.149. The number of carboxylic acid groups (broad SMARTS) is 1. The summed E-state index contributed by atoms with van der Waals surface area (Å²) in [5.41, 5.74) is -0.700. The van der Waals surface area contributed by atoms with Crippen LogP contribution in [0, 0.1) is 0 Å². The predicted octanol–water partition coefficient (Wildman–Crippen LogP) is 5.21. The molecule has 1 aliphatic rings. The van der Waals surface area contributed by atoms with Crippen LogP contribution in [0.25, 0.3) is 10.8 Å². The zero-order chi connectivity index (χ0) is 20.6. The molecule has 0 aromatic heterocycles. The van der Waals surface area contributed by atoms with Crippen LogP contribution in [0.3, 0.4) is 0 Å². The second kappa shape index (κ2) is 7.91. The highest BCUT2D eigenvalue weighted by Crippen LogP contribution is 2.36. The Bertz CT molecular complexity index is 925. The fraction of sp³-hybridized carbons (Fsp3) is 0.400. The molecule has 0 radical (unpaired) electrons. The molecule has 0 bridgehead atoms. The number of fused-ring (bicyclic) bond motifs is 1. The lowest BCUT2D eigenvalue weighted by atomic mass is 10.1. The van der Waals surface area contributed by atoms with E-state index >= 15 is 0 Å². The number of halogens is 2. The summed E-state index contributed by atoms with van der Waals surface area (Å²) < 4.78 is 13.2. The SMILES string of the molecule is CC(C)(C)OC(=O)N1CC(Oc2ccc3cc(Br)ccc3c2Br)CC1C(=O)O. The molecule has 3 rings (SSSR count). The predicted molar refractivity (Wildman–Crippen MR) is 113 cm³/mol. The number of hydrogen-bond acceptors (Lipinski definition) is 4. The molecule has 1 amide bonds. The number of carbonyl (C=O) groups is 2. The standard InChI is InChI=1S/C20H21Br2NO5/c1-20(2,3)28-19(26)23-10-13(9-15(23)18(24)25)27-16-7-4-11-8-12(21)5-6-14(11)17(16)22/h4-8,13,15H,9-10H2,1-3H3,(H,24,25). The molecule has 2 atom stereocenters. The maximum absolute atomic E-state index is 12.4. The third kappa shape index (κ3) is 4.60. The van der Waals surface area contributed by atoms with Crippen molar-refractivity contribution in [2.24, 2.45) is 0 Å². The van der Waals surface area contributed by atoms with Crippen molar-refractivity contribution >= 4 is 54.7 Å². The summed E-state index contributed by atoms with van der Waals surface area (Å²) in [6, 6.07) is 8.72. The van der Waals surface area contributed by atoms with Crippen molar-refractivity contribution in [3.8, 4) is 5.75 Å². The van der Waals surface area contributed by atoms with Crippen LogP contribution in [-0.4, -0.2) is 46.4 Å². The number of rotatable bonds is 3. The summed E-state index contributed by atoms with van der Waals surface area (Å²) >= 11 is 7.04. The highest BCUT2D eigenvalue weighted by Gasteiger charge is 2.42. The number of carboxylic acids is 1. The first-order valence-corrected chi connectivity index (χ1v) is 10.4. The van der Waals surface area contributed by atoms with Gasteiger partial charge in [0.05, 0.1) is 11.0 Å². The van der Waals surface area contributed by atoms with Crippen molar-refractivity contribution in [3.63, 3.8) is 0 Å². The lowest BCUT2D eigenvalue weighted by molar-refractivity contribution is -0.142. The zero-order valence-electron chi connectivity index (χ0n) is 15.7. The molecule has 1 fully saturated rings. The quantitative estimate of drug-likeness (QED) is 0.608. The Morgan fingerprint density at radius 3 is 2.54 bits per heavy atom. The van der Waals surface area contributed by atoms with Gasteiger partial charge in [-0.25, -0.2) is 9.59 Å². The van der Waals surface area contributed by atoms with Gasteiger partial charge in [0.1, 0.15) is 23.5 Å². The molecular formula is C20H21Br2NO5. The highest BCUT2D eigenvalue weighted by molar-refractivity contribution is 9.11. The first-order chi connectivity index (χ1) is 13.0. The van der Waals surface area contributed by atoms with Crippen LogP contribution in [0.1, 0.15) is 27.2 Å². The van der Waals surface area contributed by atoms with Gasteiger partial charge in [-0.2, -0.15) is 0 Å². The summed E-state index contributed by atoms with van der Waals surface area (Å²) in [6.07, 6.45) is -0.898. The Labute approximate surface area is 180 Å². The van der Waals surface area contributed by atoms with Crippen LogP contribution in [0.4, 0.5) is 4.79 Å². The Kier molecular flexibility index (Phi) is 5.91. The van der Waals surface area contributed by atoms with E-state index in [0.717, 1.165) is 19.7 Å². The topological polar surface area (TPSA) is 76.1 Å². The zero-order valence-corrected chi connectivity index (χ0v) is 18.9. The number of likely N-dealkylation sites (tertiary alicyclic amines) is 1. The smallest absolute Gasteiger partial charge is 0.411 e. The molecule has 1 saturated heterocycles. The third-order valence-corrected chi connectivity index (χ3v) is 5.66. The molecule has 6 nitrogen and oxygen atoms in total. The maximum Gasteiger partial charge on any atom is 0.411 e. The molecular weight excluding hydrogens is 494 g/mol. The minimum atomic E-state index is -1.07. The summed E-state index contributed by atoms with van der Waals surface area (Å²) in [6.45, 7) is 5.39. The van der Waals surface area contributed by atoms with Gasteiger partial charge in [0.25, 0.3) is 0 Å². The number of aliphatic carboxylic acids is 1. The van der Waals surface area contributed by atoms with Gasteiger partial charge in [0, 0.05) is 10.9 Å². The highest BCUT2D eigenvalue weighted by atomic mass is 79.9. The molecule has 1 heterocycles. The van der Waals surface area contributed by atoms with E-state index in [2.05, 4.69) is 31.9 Å². The lowest BCUT2D eigenvalue weighted by Gasteiger charge is -2.26. The second-order valence-electron chi connectivity index (χ2n) is 7.71. The molecule has 1 aliphatic heterocycles. The van der Waals surface area contributed by atoms with Gasteiger partial charge < -0.3 is 14.6 Å². The first kappa shape index (κ1) is 20.9. The molecule has 2 aromatic carbocycles. The van der Waals surface area contributed by atoms with Crippen LogP contribution >= 0.6 is 31.9 Å². The van der Waals surface area contributed by atoms with Crippen molar-refractivity contribution in [3.05, 3.63) is 39.3 Å². The van der Waals surface area contributed by atoms with Gasteiger partial charge in [-0.05, 0) is 65.7 Å². The number of amides is 1. The Balaban J connectivity index is 1.80. The van der Waals surface area contributed by atoms with E-state index in [-0.39, 0.29) is 13.0 Å². The van der Waals surface area contributed by atoms with Gasteiger partial charge in [-0.15, -0.1) is 0 Å². The molecule has 0 aliphatic carbocycles. The average Bonchev–Trinajstić information content (AvgIpc) is 3.00. The van der Waals surface area contributed by atoms with E-state index in [4.69, 9.17) is 9.47 Å². The van der Waals surface area contributed by atoms with E-state index in [1.54, 1.807) is 20.8 Å². The minimum Gasteiger partial charge on any atom is -0.487 e. The summed E-state index contributed by atoms with van der Waals surface area (Å²) in [5, 5.41) is 11.5. The number of ether oxygens (including phenoxy) is 2. The second-order valence-corrected chi connectivity index (χ2v) is 9.41. The van der Waals surface area contributed by atoms with Crippen molar-refractivity contribution in [2.75, 3.05) is 6.54 Å². The molecule has 150 valence electrons. The van der Waals surface area contributed by atoms with Crippen molar-refractivity contribution in [2.45, 2.75) is 44.9 Å². The molecule has 2 unspecified atom stereocenters. The van der Waals surface area contributed by atoms with Crippen molar-refractivity contribution in [1.82, 2.24) is 4.90 Å². The van der Waals surface area contributed by atoms with Crippen LogP contribution in [0.5, 0.6) is 5.75 Å². The molecule has 1 N–H and O–H groups in total. The number of carbonyl (C=O) groups excluding carboxylic acids is 1. The Morgan fingerprint density at radius 1 is 1.18 bits per heavy atom. The van der Waals surface area contributed by atoms with E-state index in [1.165, 1.54) is 4.90 Å². The maximum atomic E-state index is 12.4. The van der Waals surface area contributed by atoms with Gasteiger partial charge in [0.2, 0.25) is 0 Å². The fourth-order valence-corrected chi connectivity index (χ4v) is 4.12. The van der Waals surface area contributed by atoms with Crippen LogP contribution in [0.15, 0.2) is 39.3 Å². The summed E-state index contributed by atoms with van der Waals surface area (Å²) in [5.74, 6) is -0.464. The van der Waals surface area contributed by atoms with Crippen molar-refractivity contribution in [1.29, 1.82) is 0 Å². The van der Waals surface area contributed by atoms with Crippen LogP contribution in [0.2, 0.25) is 0 Å². The summed E-state index contributed by atoms with van der Waals surface area (Å²) in [4.78, 5) is 25.3. The van der Waals surface area contributed by atoms with E-state index in [1.807, 2.05) is 30.3 Å². The molecule has 0 saturated carbocycles. The average molecular weight is 515 g/mol. The fourth-order valence-electron chi connectivity index (χ4n) is 3.15. The van der Waals surface area contributed by atoms with Gasteiger partial charge >= 0.3 is 12.1 Å². The Morgan fingerprint density at radius 2 is 1.89 bits per heavy atom. The molecule has 8 heteroatoms. The molecule has 28 heavy (non-hydrogen) atoms. The normalized spacial score (nSPS) is 19.7. The monoisotopic (exact) mass is 513 g/mol. The first-order valence-electron chi connectivity index (χ1n) is 8.82. The number of hydrogen-bond donors (Lipinski definition) is 1. The number of benzene rings is 2. The third-order valence-electron chi connectivity index (χ3n) is 4.35. The van der Waals surface area contributed by atoms with E-state index < -0.39 is 29.8 Å². The van der Waals surface area contributed by atoms with E-state index in [0.29, 0.717) is 5.75 Å². The van der Waals surface area contributed by atoms with Gasteiger partial charge in [-0.1, -0.05) is 28.1 Å². The Hall–Kier alpha value is -1.80. The molecule has 2 aromatic rings. The summed E-state index contributed by atoms with van der Waals surface area (Å²) in [7, 11) is 0. The van der Waals surface area contributed by atoms with Gasteiger partial charge in [-0.3, -0.25) is 4.90 Å². The van der Waals surface area contributed by atoms with E-state index in [9.17, 15) is 14.7 Å². The lowest BCUT2D eigenvalue weighted by Crippen LogP contribution is -2.43. The number of nitrogens with zero attached hydrogens (tertiary/aromatic N) is 1.